The quantitative estimate of drug-likeness (QED) is 0.252. The van der Waals surface area contributed by atoms with Crippen LogP contribution < -0.4 is 31.3 Å². The summed E-state index contributed by atoms with van der Waals surface area (Å²) in [6, 6.07) is 7.93. The van der Waals surface area contributed by atoms with Crippen LogP contribution in [0.15, 0.2) is 48.5 Å². The predicted molar refractivity (Wildman–Crippen MR) is 182 cm³/mol. The molecule has 14 nitrogen and oxygen atoms in total. The molecule has 0 bridgehead atoms. The summed E-state index contributed by atoms with van der Waals surface area (Å²) in [6.07, 6.45) is 1.68. The summed E-state index contributed by atoms with van der Waals surface area (Å²) in [5.74, 6) is -2.83. The van der Waals surface area contributed by atoms with Crippen molar-refractivity contribution in [2.45, 2.75) is 89.1 Å². The molecule has 3 aliphatic heterocycles. The number of hydrogen-bond donors (Lipinski definition) is 6. The second-order valence-electron chi connectivity index (χ2n) is 13.6. The highest BCUT2D eigenvalue weighted by atomic mass is 16.5. The third-order valence-electron chi connectivity index (χ3n) is 9.21. The van der Waals surface area contributed by atoms with Gasteiger partial charge in [-0.3, -0.25) is 28.8 Å². The van der Waals surface area contributed by atoms with E-state index in [-0.39, 0.29) is 31.7 Å². The van der Waals surface area contributed by atoms with Gasteiger partial charge in [0.1, 0.15) is 29.9 Å². The lowest BCUT2D eigenvalue weighted by Gasteiger charge is -2.30. The molecule has 2 saturated heterocycles. The number of aliphatic hydroxyl groups excluding tert-OH is 1. The summed E-state index contributed by atoms with van der Waals surface area (Å²) in [7, 11) is 0. The first kappa shape index (κ1) is 36.3. The zero-order valence-corrected chi connectivity index (χ0v) is 28.6. The third-order valence-corrected chi connectivity index (χ3v) is 9.21. The maximum Gasteiger partial charge on any atom is 0.251 e. The molecule has 6 N–H and O–H groups in total. The molecule has 2 aromatic carbocycles. The van der Waals surface area contributed by atoms with E-state index < -0.39 is 78.3 Å². The van der Waals surface area contributed by atoms with Crippen molar-refractivity contribution in [1.82, 2.24) is 31.5 Å². The summed E-state index contributed by atoms with van der Waals surface area (Å²) in [5.41, 5.74) is 1.98. The van der Waals surface area contributed by atoms with Crippen molar-refractivity contribution < 1.29 is 38.6 Å². The van der Waals surface area contributed by atoms with Gasteiger partial charge in [-0.1, -0.05) is 44.2 Å². The molecule has 268 valence electrons. The van der Waals surface area contributed by atoms with E-state index in [0.717, 1.165) is 24.2 Å². The molecular formula is C36H46N6O8. The van der Waals surface area contributed by atoms with Gasteiger partial charge < -0.3 is 41.3 Å². The minimum Gasteiger partial charge on any atom is -0.493 e. The van der Waals surface area contributed by atoms with Crippen LogP contribution in [0.5, 0.6) is 5.75 Å². The number of nitrogens with zero attached hydrogens (tertiary/aromatic N) is 1. The van der Waals surface area contributed by atoms with Crippen molar-refractivity contribution in [3.63, 3.8) is 0 Å². The number of amides is 6. The summed E-state index contributed by atoms with van der Waals surface area (Å²) < 4.78 is 5.65. The molecule has 0 spiro atoms. The van der Waals surface area contributed by atoms with Crippen molar-refractivity contribution in [2.24, 2.45) is 5.92 Å². The molecule has 2 fully saturated rings. The first-order chi connectivity index (χ1) is 23.9. The molecule has 0 aromatic heterocycles. The molecule has 0 aliphatic carbocycles. The van der Waals surface area contributed by atoms with Crippen LogP contribution in [0.1, 0.15) is 74.0 Å². The highest BCUT2D eigenvalue weighted by molar-refractivity contribution is 5.97. The lowest BCUT2D eigenvalue weighted by atomic mass is 10.00. The fourth-order valence-electron chi connectivity index (χ4n) is 6.61. The Morgan fingerprint density at radius 3 is 2.44 bits per heavy atom. The minimum atomic E-state index is -1.44. The zero-order chi connectivity index (χ0) is 35.9. The largest absolute Gasteiger partial charge is 0.493 e. The van der Waals surface area contributed by atoms with Gasteiger partial charge in [0.15, 0.2) is 0 Å². The van der Waals surface area contributed by atoms with E-state index in [4.69, 9.17) is 4.74 Å². The molecule has 2 aromatic rings. The van der Waals surface area contributed by atoms with Crippen LogP contribution >= 0.6 is 0 Å². The van der Waals surface area contributed by atoms with Crippen molar-refractivity contribution in [3.05, 3.63) is 65.2 Å². The minimum absolute atomic E-state index is 0.0240. The van der Waals surface area contributed by atoms with Gasteiger partial charge in [0, 0.05) is 18.2 Å². The Morgan fingerprint density at radius 2 is 1.72 bits per heavy atom. The van der Waals surface area contributed by atoms with Gasteiger partial charge in [-0.15, -0.1) is 0 Å². The predicted octanol–water partition coefficient (Wildman–Crippen LogP) is 0.485. The zero-order valence-electron chi connectivity index (χ0n) is 28.6. The topological polar surface area (TPSA) is 195 Å². The van der Waals surface area contributed by atoms with Crippen LogP contribution in [0.4, 0.5) is 0 Å². The Hall–Kier alpha value is -4.98. The molecule has 0 radical (unpaired) electrons. The highest BCUT2D eigenvalue weighted by Crippen LogP contribution is 2.26. The van der Waals surface area contributed by atoms with Gasteiger partial charge in [-0.2, -0.15) is 0 Å². The number of carbonyl (C=O) groups excluding carboxylic acids is 6. The SMILES string of the molecule is CC(C)C[C@@H]1NC(=O)C[C@H](c2ccccc2)NC(=O)[C@H](C)NC(=O)[C@@H]2C[C@H](NC(=O)c3ccc4c(c3)CCCO4)CN2C(=O)[C@@H](CO)NC1=O. The van der Waals surface area contributed by atoms with Crippen LogP contribution in [0.3, 0.4) is 0 Å². The Labute approximate surface area is 291 Å². The maximum atomic E-state index is 13.9. The van der Waals surface area contributed by atoms with Crippen LogP contribution in [0.25, 0.3) is 0 Å². The average molecular weight is 691 g/mol. The molecule has 3 aliphatic rings. The second kappa shape index (κ2) is 16.2. The van der Waals surface area contributed by atoms with E-state index in [1.54, 1.807) is 48.5 Å². The lowest BCUT2D eigenvalue weighted by Crippen LogP contribution is -2.59. The van der Waals surface area contributed by atoms with Crippen molar-refractivity contribution >= 4 is 35.4 Å². The van der Waals surface area contributed by atoms with Gasteiger partial charge >= 0.3 is 0 Å². The number of aryl methyl sites for hydroxylation is 1. The molecule has 14 heteroatoms. The number of fused-ring (bicyclic) bond motifs is 2. The lowest BCUT2D eigenvalue weighted by molar-refractivity contribution is -0.143. The molecule has 5 rings (SSSR count). The van der Waals surface area contributed by atoms with Gasteiger partial charge in [-0.25, -0.2) is 0 Å². The van der Waals surface area contributed by atoms with E-state index >= 15 is 0 Å². The number of rotatable bonds is 6. The van der Waals surface area contributed by atoms with Crippen LogP contribution in [-0.2, 0) is 30.4 Å². The van der Waals surface area contributed by atoms with Crippen LogP contribution in [-0.4, -0.2) is 95.4 Å². The van der Waals surface area contributed by atoms with Crippen LogP contribution in [0, 0.1) is 5.92 Å². The average Bonchev–Trinajstić information content (AvgIpc) is 3.53. The monoisotopic (exact) mass is 690 g/mol. The Balaban J connectivity index is 1.42. The standard InChI is InChI=1S/C36H46N6O8/c1-20(2)14-27-34(47)41-28(19-43)36(49)42-18-25(38-33(46)24-11-12-30-23(15-24)10-7-13-50-30)16-29(42)35(48)37-21(3)32(45)40-26(17-31(44)39-27)22-8-5-4-6-9-22/h4-6,8-9,11-12,15,20-21,25-29,43H,7,10,13-14,16-19H2,1-3H3,(H,37,48)(H,38,46)(H,39,44)(H,40,45)(H,41,47)/t21-,25-,26+,27-,28+,29-/m0/s1. The van der Waals surface area contributed by atoms with Crippen molar-refractivity contribution in [1.29, 1.82) is 0 Å². The van der Waals surface area contributed by atoms with Gasteiger partial charge in [0.05, 0.1) is 25.7 Å². The smallest absolute Gasteiger partial charge is 0.251 e. The normalized spacial score (nSPS) is 26.5. The molecular weight excluding hydrogens is 644 g/mol. The molecule has 3 heterocycles. The number of carbonyl (C=O) groups is 6. The van der Waals surface area contributed by atoms with Crippen molar-refractivity contribution in [3.8, 4) is 5.75 Å². The van der Waals surface area contributed by atoms with E-state index in [1.807, 2.05) is 13.8 Å². The van der Waals surface area contributed by atoms with E-state index in [9.17, 15) is 33.9 Å². The van der Waals surface area contributed by atoms with E-state index in [1.165, 1.54) is 11.8 Å². The maximum absolute atomic E-state index is 13.9. The molecule has 6 amide bonds. The van der Waals surface area contributed by atoms with Crippen molar-refractivity contribution in [2.75, 3.05) is 19.8 Å². The molecule has 6 atom stereocenters. The first-order valence-electron chi connectivity index (χ1n) is 17.2. The number of benzene rings is 2. The van der Waals surface area contributed by atoms with Gasteiger partial charge in [0.2, 0.25) is 29.5 Å². The van der Waals surface area contributed by atoms with E-state index in [2.05, 4.69) is 26.6 Å². The summed E-state index contributed by atoms with van der Waals surface area (Å²) in [5, 5.41) is 24.1. The summed E-state index contributed by atoms with van der Waals surface area (Å²) >= 11 is 0. The second-order valence-corrected chi connectivity index (χ2v) is 13.6. The molecule has 0 saturated carbocycles. The van der Waals surface area contributed by atoms with Crippen LogP contribution in [0.2, 0.25) is 0 Å². The highest BCUT2D eigenvalue weighted by Gasteiger charge is 2.43. The Morgan fingerprint density at radius 1 is 0.960 bits per heavy atom. The fourth-order valence-corrected chi connectivity index (χ4v) is 6.61. The number of nitrogens with one attached hydrogen (secondary N) is 5. The van der Waals surface area contributed by atoms with Gasteiger partial charge in [0.25, 0.3) is 5.91 Å². The summed E-state index contributed by atoms with van der Waals surface area (Å²) in [4.78, 5) is 82.5. The molecule has 0 unspecified atom stereocenters. The first-order valence-corrected chi connectivity index (χ1v) is 17.2. The van der Waals surface area contributed by atoms with Gasteiger partial charge in [-0.05, 0) is 67.9 Å². The Bertz CT molecular complexity index is 1600. The number of aliphatic hydroxyl groups is 1. The van der Waals surface area contributed by atoms with E-state index in [0.29, 0.717) is 17.7 Å². The summed E-state index contributed by atoms with van der Waals surface area (Å²) in [6.45, 7) is 4.99. The number of hydrogen-bond acceptors (Lipinski definition) is 8. The fraction of sp³-hybridized carbons (Fsp3) is 0.500. The molecule has 50 heavy (non-hydrogen) atoms. The Kier molecular flexibility index (Phi) is 11.7. The number of ether oxygens (including phenoxy) is 1. The third kappa shape index (κ3) is 8.78.